The van der Waals surface area contributed by atoms with E-state index in [1.54, 1.807) is 13.0 Å². The lowest BCUT2D eigenvalue weighted by Crippen LogP contribution is -2.49. The number of piperazine rings is 1. The molecule has 1 aliphatic rings. The predicted molar refractivity (Wildman–Crippen MR) is 90.1 cm³/mol. The molecule has 1 aromatic heterocycles. The first kappa shape index (κ1) is 17.7. The lowest BCUT2D eigenvalue weighted by molar-refractivity contribution is -0.385. The Morgan fingerprint density at radius 3 is 2.27 bits per heavy atom. The van der Waals surface area contributed by atoms with E-state index in [4.69, 9.17) is 0 Å². The molecule has 1 saturated heterocycles. The van der Waals surface area contributed by atoms with E-state index in [1.807, 2.05) is 4.90 Å². The van der Waals surface area contributed by atoms with E-state index in [0.717, 1.165) is 12.1 Å². The van der Waals surface area contributed by atoms with Crippen LogP contribution >= 0.6 is 0 Å². The lowest BCUT2D eigenvalue weighted by Gasteiger charge is -2.35. The second-order valence-corrected chi connectivity index (χ2v) is 5.91. The molecule has 0 unspecified atom stereocenters. The van der Waals surface area contributed by atoms with Crippen molar-refractivity contribution in [2.24, 2.45) is 0 Å². The SMILES string of the molecule is Cc1nc(N2CCN(C(=O)c3c(F)cccc3F)CC2)ccc1[N+](=O)[O-]. The van der Waals surface area contributed by atoms with E-state index in [1.165, 1.54) is 17.0 Å². The normalized spacial score (nSPS) is 14.4. The molecule has 0 atom stereocenters. The summed E-state index contributed by atoms with van der Waals surface area (Å²) in [5, 5.41) is 10.9. The van der Waals surface area contributed by atoms with Crippen LogP contribution in [-0.2, 0) is 0 Å². The first-order chi connectivity index (χ1) is 12.4. The number of aryl methyl sites for hydroxylation is 1. The third-order valence-corrected chi connectivity index (χ3v) is 4.31. The number of halogens is 2. The number of pyridine rings is 1. The van der Waals surface area contributed by atoms with Gasteiger partial charge in [-0.3, -0.25) is 14.9 Å². The van der Waals surface area contributed by atoms with Gasteiger partial charge in [-0.15, -0.1) is 0 Å². The highest BCUT2D eigenvalue weighted by atomic mass is 19.1. The van der Waals surface area contributed by atoms with Crippen LogP contribution in [0.3, 0.4) is 0 Å². The van der Waals surface area contributed by atoms with Crippen molar-refractivity contribution < 1.29 is 18.5 Å². The second-order valence-electron chi connectivity index (χ2n) is 5.91. The molecule has 1 fully saturated rings. The Morgan fingerprint density at radius 1 is 1.12 bits per heavy atom. The summed E-state index contributed by atoms with van der Waals surface area (Å²) < 4.78 is 27.6. The highest BCUT2D eigenvalue weighted by Crippen LogP contribution is 2.22. The highest BCUT2D eigenvalue weighted by molar-refractivity contribution is 5.95. The van der Waals surface area contributed by atoms with Gasteiger partial charge in [0.15, 0.2) is 0 Å². The number of carbonyl (C=O) groups excluding carboxylic acids is 1. The quantitative estimate of drug-likeness (QED) is 0.619. The maximum Gasteiger partial charge on any atom is 0.290 e. The zero-order valence-corrected chi connectivity index (χ0v) is 14.0. The van der Waals surface area contributed by atoms with E-state index in [-0.39, 0.29) is 18.8 Å². The van der Waals surface area contributed by atoms with Gasteiger partial charge in [-0.05, 0) is 25.1 Å². The maximum absolute atomic E-state index is 13.8. The van der Waals surface area contributed by atoms with Crippen LogP contribution in [-0.4, -0.2) is 46.9 Å². The van der Waals surface area contributed by atoms with Gasteiger partial charge >= 0.3 is 0 Å². The Morgan fingerprint density at radius 2 is 1.73 bits per heavy atom. The molecule has 1 aliphatic heterocycles. The fraction of sp³-hybridized carbons (Fsp3) is 0.294. The van der Waals surface area contributed by atoms with E-state index in [2.05, 4.69) is 4.98 Å². The number of nitro groups is 1. The average molecular weight is 362 g/mol. The van der Waals surface area contributed by atoms with Crippen LogP contribution in [0.15, 0.2) is 30.3 Å². The first-order valence-corrected chi connectivity index (χ1v) is 7.98. The molecule has 0 radical (unpaired) electrons. The van der Waals surface area contributed by atoms with Crippen LogP contribution in [0.5, 0.6) is 0 Å². The Balaban J connectivity index is 1.70. The number of carbonyl (C=O) groups is 1. The van der Waals surface area contributed by atoms with Gasteiger partial charge in [0, 0.05) is 32.2 Å². The van der Waals surface area contributed by atoms with Crippen LogP contribution in [0, 0.1) is 28.7 Å². The highest BCUT2D eigenvalue weighted by Gasteiger charge is 2.27. The van der Waals surface area contributed by atoms with Crippen molar-refractivity contribution in [3.63, 3.8) is 0 Å². The number of nitrogens with zero attached hydrogens (tertiary/aromatic N) is 4. The minimum Gasteiger partial charge on any atom is -0.353 e. The molecule has 0 N–H and O–H groups in total. The number of benzene rings is 1. The monoisotopic (exact) mass is 362 g/mol. The van der Waals surface area contributed by atoms with Crippen LogP contribution in [0.2, 0.25) is 0 Å². The molecule has 1 aromatic carbocycles. The molecule has 0 saturated carbocycles. The summed E-state index contributed by atoms with van der Waals surface area (Å²) in [6.45, 7) is 2.91. The number of rotatable bonds is 3. The van der Waals surface area contributed by atoms with Gasteiger partial charge in [0.25, 0.3) is 11.6 Å². The van der Waals surface area contributed by atoms with Crippen LogP contribution < -0.4 is 4.90 Å². The Kier molecular flexibility index (Phi) is 4.79. The van der Waals surface area contributed by atoms with Gasteiger partial charge in [-0.2, -0.15) is 0 Å². The molecule has 9 heteroatoms. The molecule has 1 amide bonds. The van der Waals surface area contributed by atoms with E-state index < -0.39 is 28.0 Å². The largest absolute Gasteiger partial charge is 0.353 e. The summed E-state index contributed by atoms with van der Waals surface area (Å²) in [5.74, 6) is -1.89. The summed E-state index contributed by atoms with van der Waals surface area (Å²) >= 11 is 0. The summed E-state index contributed by atoms with van der Waals surface area (Å²) in [6.07, 6.45) is 0. The smallest absolute Gasteiger partial charge is 0.290 e. The summed E-state index contributed by atoms with van der Waals surface area (Å²) in [7, 11) is 0. The second kappa shape index (κ2) is 7.03. The van der Waals surface area contributed by atoms with Crippen molar-refractivity contribution in [1.29, 1.82) is 0 Å². The molecule has 2 heterocycles. The maximum atomic E-state index is 13.8. The van der Waals surface area contributed by atoms with Gasteiger partial charge < -0.3 is 9.80 Å². The van der Waals surface area contributed by atoms with E-state index in [9.17, 15) is 23.7 Å². The summed E-state index contributed by atoms with van der Waals surface area (Å²) in [4.78, 5) is 30.3. The van der Waals surface area contributed by atoms with Gasteiger partial charge in [-0.25, -0.2) is 13.8 Å². The molecule has 26 heavy (non-hydrogen) atoms. The molecule has 0 bridgehead atoms. The molecular formula is C17H16F2N4O3. The third-order valence-electron chi connectivity index (χ3n) is 4.31. The Hall–Kier alpha value is -3.10. The standard InChI is InChI=1S/C17H16F2N4O3/c1-11-14(23(25)26)5-6-15(20-11)21-7-9-22(10-8-21)17(24)16-12(18)3-2-4-13(16)19/h2-6H,7-10H2,1H3. The van der Waals surface area contributed by atoms with Crippen LogP contribution in [0.25, 0.3) is 0 Å². The number of aromatic nitrogens is 1. The summed E-state index contributed by atoms with van der Waals surface area (Å²) in [6, 6.07) is 6.26. The Bertz CT molecular complexity index is 847. The van der Waals surface area contributed by atoms with Gasteiger partial charge in [0.1, 0.15) is 28.7 Å². The van der Waals surface area contributed by atoms with Gasteiger partial charge in [-0.1, -0.05) is 6.07 Å². The van der Waals surface area contributed by atoms with Crippen LogP contribution in [0.1, 0.15) is 16.1 Å². The van der Waals surface area contributed by atoms with Crippen molar-refractivity contribution >= 4 is 17.4 Å². The van der Waals surface area contributed by atoms with Crippen molar-refractivity contribution in [2.75, 3.05) is 31.1 Å². The van der Waals surface area contributed by atoms with Crippen molar-refractivity contribution in [3.8, 4) is 0 Å². The van der Waals surface area contributed by atoms with E-state index in [0.29, 0.717) is 24.6 Å². The molecule has 2 aromatic rings. The first-order valence-electron chi connectivity index (χ1n) is 7.98. The molecule has 0 aliphatic carbocycles. The molecule has 136 valence electrons. The van der Waals surface area contributed by atoms with Gasteiger partial charge in [0.2, 0.25) is 0 Å². The minimum absolute atomic E-state index is 0.0578. The van der Waals surface area contributed by atoms with Crippen molar-refractivity contribution in [2.45, 2.75) is 6.92 Å². The molecule has 7 nitrogen and oxygen atoms in total. The lowest BCUT2D eigenvalue weighted by atomic mass is 10.1. The zero-order valence-electron chi connectivity index (χ0n) is 14.0. The fourth-order valence-electron chi connectivity index (χ4n) is 2.91. The minimum atomic E-state index is -0.884. The number of hydrogen-bond acceptors (Lipinski definition) is 5. The third kappa shape index (κ3) is 3.32. The predicted octanol–water partition coefficient (Wildman–Crippen LogP) is 2.54. The summed E-state index contributed by atoms with van der Waals surface area (Å²) in [5.41, 5.74) is -0.303. The van der Waals surface area contributed by atoms with Gasteiger partial charge in [0.05, 0.1) is 4.92 Å². The topological polar surface area (TPSA) is 79.6 Å². The number of hydrogen-bond donors (Lipinski definition) is 0. The molecule has 0 spiro atoms. The van der Waals surface area contributed by atoms with Crippen molar-refractivity contribution in [1.82, 2.24) is 9.88 Å². The van der Waals surface area contributed by atoms with E-state index >= 15 is 0 Å². The number of amides is 1. The van der Waals surface area contributed by atoms with Crippen molar-refractivity contribution in [3.05, 3.63) is 63.3 Å². The van der Waals surface area contributed by atoms with Crippen LogP contribution in [0.4, 0.5) is 20.3 Å². The Labute approximate surface area is 148 Å². The molecule has 3 rings (SSSR count). The fourth-order valence-corrected chi connectivity index (χ4v) is 2.91. The molecular weight excluding hydrogens is 346 g/mol. The average Bonchev–Trinajstić information content (AvgIpc) is 2.61. The number of anilines is 1. The zero-order chi connectivity index (χ0) is 18.8.